The van der Waals surface area contributed by atoms with Crippen LogP contribution in [0.5, 0.6) is 0 Å². The smallest absolute Gasteiger partial charge is 0.147 e. The minimum Gasteiger partial charge on any atom is -0.387 e. The van der Waals surface area contributed by atoms with Crippen molar-refractivity contribution in [3.05, 3.63) is 35.3 Å². The van der Waals surface area contributed by atoms with Gasteiger partial charge in [0.05, 0.1) is 11.6 Å². The van der Waals surface area contributed by atoms with E-state index in [0.717, 1.165) is 16.6 Å². The van der Waals surface area contributed by atoms with Gasteiger partial charge in [-0.05, 0) is 13.0 Å². The van der Waals surface area contributed by atoms with E-state index in [0.29, 0.717) is 5.52 Å². The van der Waals surface area contributed by atoms with E-state index in [1.807, 2.05) is 6.92 Å². The summed E-state index contributed by atoms with van der Waals surface area (Å²) < 4.78 is 15.4. The molecule has 3 N–H and O–H groups in total. The molecule has 0 bridgehead atoms. The van der Waals surface area contributed by atoms with Crippen LogP contribution in [0, 0.1) is 12.7 Å². The third-order valence-corrected chi connectivity index (χ3v) is 3.06. The van der Waals surface area contributed by atoms with Gasteiger partial charge in [-0.3, -0.25) is 0 Å². The first kappa shape index (κ1) is 11.1. The molecule has 0 amide bonds. The predicted octanol–water partition coefficient (Wildman–Crippen LogP) is 1.62. The van der Waals surface area contributed by atoms with Crippen LogP contribution in [0.4, 0.5) is 4.39 Å². The molecular weight excluding hydrogens is 207 g/mol. The average molecular weight is 222 g/mol. The van der Waals surface area contributed by atoms with Crippen LogP contribution in [0.25, 0.3) is 10.9 Å². The fourth-order valence-electron chi connectivity index (χ4n) is 2.16. The molecular formula is C12H15FN2O. The lowest BCUT2D eigenvalue weighted by atomic mass is 10.1. The van der Waals surface area contributed by atoms with Gasteiger partial charge >= 0.3 is 0 Å². The standard InChI is InChI=1S/C12H15FN2O/c1-7-11(10(16)6-14)8-4-3-5-9(13)12(8)15(7)2/h3-5,10,16H,6,14H2,1-2H3. The van der Waals surface area contributed by atoms with Crippen molar-refractivity contribution in [3.8, 4) is 0 Å². The second-order valence-corrected chi connectivity index (χ2v) is 3.95. The number of aliphatic hydroxyl groups excluding tert-OH is 1. The van der Waals surface area contributed by atoms with Crippen molar-refractivity contribution in [1.29, 1.82) is 0 Å². The Kier molecular flexibility index (Phi) is 2.69. The van der Waals surface area contributed by atoms with Gasteiger partial charge in [0.15, 0.2) is 0 Å². The maximum absolute atomic E-state index is 13.7. The van der Waals surface area contributed by atoms with Crippen molar-refractivity contribution in [2.24, 2.45) is 12.8 Å². The Hall–Kier alpha value is -1.39. The van der Waals surface area contributed by atoms with Crippen LogP contribution in [0.15, 0.2) is 18.2 Å². The first-order valence-corrected chi connectivity index (χ1v) is 5.19. The maximum Gasteiger partial charge on any atom is 0.147 e. The molecule has 86 valence electrons. The highest BCUT2D eigenvalue weighted by Crippen LogP contribution is 2.30. The summed E-state index contributed by atoms with van der Waals surface area (Å²) in [5.41, 5.74) is 7.54. The fourth-order valence-corrected chi connectivity index (χ4v) is 2.16. The van der Waals surface area contributed by atoms with Gasteiger partial charge in [-0.25, -0.2) is 4.39 Å². The number of nitrogens with two attached hydrogens (primary N) is 1. The number of para-hydroxylation sites is 1. The van der Waals surface area contributed by atoms with Gasteiger partial charge < -0.3 is 15.4 Å². The Morgan fingerprint density at radius 1 is 1.50 bits per heavy atom. The van der Waals surface area contributed by atoms with Crippen LogP contribution in [-0.4, -0.2) is 16.2 Å². The average Bonchev–Trinajstić information content (AvgIpc) is 2.52. The van der Waals surface area contributed by atoms with E-state index in [4.69, 9.17) is 5.73 Å². The Morgan fingerprint density at radius 3 is 2.81 bits per heavy atom. The molecule has 1 aromatic heterocycles. The van der Waals surface area contributed by atoms with Crippen molar-refractivity contribution >= 4 is 10.9 Å². The summed E-state index contributed by atoms with van der Waals surface area (Å²) in [6, 6.07) is 4.86. The zero-order chi connectivity index (χ0) is 11.9. The van der Waals surface area contributed by atoms with E-state index in [2.05, 4.69) is 0 Å². The summed E-state index contributed by atoms with van der Waals surface area (Å²) in [6.45, 7) is 1.99. The number of aliphatic hydroxyl groups is 1. The lowest BCUT2D eigenvalue weighted by Crippen LogP contribution is -2.12. The zero-order valence-electron chi connectivity index (χ0n) is 9.37. The molecule has 0 aliphatic heterocycles. The number of fused-ring (bicyclic) bond motifs is 1. The number of aryl methyl sites for hydroxylation is 1. The Balaban J connectivity index is 2.84. The zero-order valence-corrected chi connectivity index (χ0v) is 9.37. The molecule has 0 aliphatic rings. The van der Waals surface area contributed by atoms with E-state index in [1.54, 1.807) is 23.7 Å². The van der Waals surface area contributed by atoms with Crippen LogP contribution in [0.3, 0.4) is 0 Å². The molecule has 0 radical (unpaired) electrons. The molecule has 0 saturated heterocycles. The van der Waals surface area contributed by atoms with Gasteiger partial charge in [-0.1, -0.05) is 12.1 Å². The molecule has 3 nitrogen and oxygen atoms in total. The number of nitrogens with zero attached hydrogens (tertiary/aromatic N) is 1. The summed E-state index contributed by atoms with van der Waals surface area (Å²) in [5, 5.41) is 10.6. The summed E-state index contributed by atoms with van der Waals surface area (Å²) in [6.07, 6.45) is -0.745. The number of benzene rings is 1. The fraction of sp³-hybridized carbons (Fsp3) is 0.333. The molecule has 16 heavy (non-hydrogen) atoms. The highest BCUT2D eigenvalue weighted by atomic mass is 19.1. The largest absolute Gasteiger partial charge is 0.387 e. The molecule has 1 atom stereocenters. The third kappa shape index (κ3) is 1.42. The monoisotopic (exact) mass is 222 g/mol. The van der Waals surface area contributed by atoms with Crippen molar-refractivity contribution in [3.63, 3.8) is 0 Å². The number of hydrogen-bond acceptors (Lipinski definition) is 2. The minimum absolute atomic E-state index is 0.135. The van der Waals surface area contributed by atoms with Gasteiger partial charge in [0.25, 0.3) is 0 Å². The molecule has 0 fully saturated rings. The Bertz CT molecular complexity index is 533. The molecule has 0 saturated carbocycles. The summed E-state index contributed by atoms with van der Waals surface area (Å²) in [4.78, 5) is 0. The molecule has 1 heterocycles. The minimum atomic E-state index is -0.745. The molecule has 2 aromatic rings. The van der Waals surface area contributed by atoms with Gasteiger partial charge in [-0.2, -0.15) is 0 Å². The second-order valence-electron chi connectivity index (χ2n) is 3.95. The predicted molar refractivity (Wildman–Crippen MR) is 61.6 cm³/mol. The van der Waals surface area contributed by atoms with E-state index < -0.39 is 6.10 Å². The molecule has 4 heteroatoms. The lowest BCUT2D eigenvalue weighted by Gasteiger charge is -2.08. The normalized spacial score (nSPS) is 13.3. The summed E-state index contributed by atoms with van der Waals surface area (Å²) in [7, 11) is 1.79. The quantitative estimate of drug-likeness (QED) is 0.811. The molecule has 0 aliphatic carbocycles. The number of rotatable bonds is 2. The highest BCUT2D eigenvalue weighted by molar-refractivity contribution is 5.86. The van der Waals surface area contributed by atoms with Crippen molar-refractivity contribution < 1.29 is 9.50 Å². The Morgan fingerprint density at radius 2 is 2.19 bits per heavy atom. The summed E-state index contributed by atoms with van der Waals surface area (Å²) in [5.74, 6) is -0.279. The van der Waals surface area contributed by atoms with Crippen molar-refractivity contribution in [2.75, 3.05) is 6.54 Å². The topological polar surface area (TPSA) is 51.2 Å². The van der Waals surface area contributed by atoms with Crippen LogP contribution in [0.1, 0.15) is 17.4 Å². The molecule has 0 spiro atoms. The number of halogens is 1. The summed E-state index contributed by atoms with van der Waals surface area (Å²) >= 11 is 0. The van der Waals surface area contributed by atoms with E-state index in [9.17, 15) is 9.50 Å². The van der Waals surface area contributed by atoms with Crippen molar-refractivity contribution in [2.45, 2.75) is 13.0 Å². The van der Waals surface area contributed by atoms with Crippen molar-refractivity contribution in [1.82, 2.24) is 4.57 Å². The molecule has 2 rings (SSSR count). The van der Waals surface area contributed by atoms with Crippen LogP contribution < -0.4 is 5.73 Å². The second kappa shape index (κ2) is 3.88. The highest BCUT2D eigenvalue weighted by Gasteiger charge is 2.19. The number of hydrogen-bond donors (Lipinski definition) is 2. The van der Waals surface area contributed by atoms with Gasteiger partial charge in [-0.15, -0.1) is 0 Å². The maximum atomic E-state index is 13.7. The van der Waals surface area contributed by atoms with Gasteiger partial charge in [0, 0.05) is 30.2 Å². The van der Waals surface area contributed by atoms with Gasteiger partial charge in [0.2, 0.25) is 0 Å². The SMILES string of the molecule is Cc1c(C(O)CN)c2cccc(F)c2n1C. The van der Waals surface area contributed by atoms with Crippen LogP contribution in [-0.2, 0) is 7.05 Å². The first-order chi connectivity index (χ1) is 7.57. The van der Waals surface area contributed by atoms with Gasteiger partial charge in [0.1, 0.15) is 5.82 Å². The molecule has 1 aromatic carbocycles. The first-order valence-electron chi connectivity index (χ1n) is 5.19. The Labute approximate surface area is 93.3 Å². The third-order valence-electron chi connectivity index (χ3n) is 3.06. The van der Waals surface area contributed by atoms with E-state index >= 15 is 0 Å². The van der Waals surface area contributed by atoms with Crippen LogP contribution in [0.2, 0.25) is 0 Å². The number of aromatic nitrogens is 1. The van der Waals surface area contributed by atoms with E-state index in [1.165, 1.54) is 6.07 Å². The molecule has 1 unspecified atom stereocenters. The van der Waals surface area contributed by atoms with E-state index in [-0.39, 0.29) is 12.4 Å². The lowest BCUT2D eigenvalue weighted by molar-refractivity contribution is 0.187. The van der Waals surface area contributed by atoms with Crippen LogP contribution >= 0.6 is 0 Å².